The minimum absolute atomic E-state index is 0. The summed E-state index contributed by atoms with van der Waals surface area (Å²) in [6.45, 7) is 6.16. The van der Waals surface area contributed by atoms with Gasteiger partial charge in [-0.05, 0) is 0 Å². The molecule has 0 heterocycles. The molecule has 0 unspecified atom stereocenters. The van der Waals surface area contributed by atoms with Crippen molar-refractivity contribution in [3.05, 3.63) is 0 Å². The van der Waals surface area contributed by atoms with Crippen LogP contribution in [-0.4, -0.2) is 4.75 Å². The van der Waals surface area contributed by atoms with Crippen LogP contribution in [0.5, 0.6) is 0 Å². The van der Waals surface area contributed by atoms with Gasteiger partial charge in [0.1, 0.15) is 0 Å². The van der Waals surface area contributed by atoms with Crippen LogP contribution in [0.1, 0.15) is 20.8 Å². The lowest BCUT2D eigenvalue weighted by atomic mass is 10.3. The molecule has 0 rings (SSSR count). The lowest BCUT2D eigenvalue weighted by Gasteiger charge is -2.04. The Morgan fingerprint density at radius 2 is 1.14 bits per heavy atom. The minimum Gasteiger partial charge on any atom is -0.344 e. The number of hydrogen-bond donors (Lipinski definition) is 2. The van der Waals surface area contributed by atoms with Crippen molar-refractivity contribution in [2.24, 2.45) is 0 Å². The Hall–Kier alpha value is 0.600. The molecule has 0 spiro atoms. The van der Waals surface area contributed by atoms with Crippen LogP contribution in [0, 0.1) is 0 Å². The second-order valence-corrected chi connectivity index (χ2v) is 3.51. The highest BCUT2D eigenvalue weighted by Crippen LogP contribution is 2.07. The monoisotopic (exact) mass is 143 g/mol. The third-order valence-electron chi connectivity index (χ3n) is 0. The quantitative estimate of drug-likeness (QED) is 0.502. The van der Waals surface area contributed by atoms with Gasteiger partial charge in [-0.2, -0.15) is 12.6 Å². The van der Waals surface area contributed by atoms with E-state index in [2.05, 4.69) is 33.4 Å². The van der Waals surface area contributed by atoms with E-state index < -0.39 is 0 Å². The first-order valence-electron chi connectivity index (χ1n) is 1.72. The number of halogens is 1. The van der Waals surface area contributed by atoms with E-state index in [1.165, 1.54) is 0 Å². The van der Waals surface area contributed by atoms with Gasteiger partial charge in [-0.3, -0.25) is 0 Å². The van der Waals surface area contributed by atoms with Crippen molar-refractivity contribution in [2.45, 2.75) is 25.5 Å². The molecule has 3 N–H and O–H groups in total. The molecule has 0 aromatic carbocycles. The molecule has 0 amide bonds. The molecule has 0 aliphatic rings. The Morgan fingerprint density at radius 1 is 1.14 bits per heavy atom. The zero-order valence-electron chi connectivity index (χ0n) is 5.06. The predicted molar refractivity (Wildman–Crippen MR) is 41.0 cm³/mol. The zero-order chi connectivity index (χ0) is 4.50. The lowest BCUT2D eigenvalue weighted by molar-refractivity contribution is 0.812. The summed E-state index contributed by atoms with van der Waals surface area (Å²) in [6, 6.07) is 0. The summed E-state index contributed by atoms with van der Waals surface area (Å²) in [6.07, 6.45) is 0. The average molecular weight is 144 g/mol. The molecule has 0 saturated heterocycles. The highest BCUT2D eigenvalue weighted by Gasteiger charge is 1.96. The highest BCUT2D eigenvalue weighted by molar-refractivity contribution is 7.81. The maximum absolute atomic E-state index is 4.12. The minimum atomic E-state index is 0. The van der Waals surface area contributed by atoms with Crippen molar-refractivity contribution in [1.29, 1.82) is 0 Å². The smallest absolute Gasteiger partial charge is 0.00449 e. The molecule has 0 bridgehead atoms. The van der Waals surface area contributed by atoms with Crippen molar-refractivity contribution in [2.75, 3.05) is 0 Å². The summed E-state index contributed by atoms with van der Waals surface area (Å²) < 4.78 is 0.194. The number of rotatable bonds is 0. The zero-order valence-corrected chi connectivity index (χ0v) is 6.77. The van der Waals surface area contributed by atoms with E-state index >= 15 is 0 Å². The van der Waals surface area contributed by atoms with Crippen LogP contribution in [0.4, 0.5) is 0 Å². The van der Waals surface area contributed by atoms with Crippen LogP contribution in [0.3, 0.4) is 0 Å². The van der Waals surface area contributed by atoms with Crippen molar-refractivity contribution in [3.8, 4) is 0 Å². The summed E-state index contributed by atoms with van der Waals surface area (Å²) in [5, 5.41) is 0. The third kappa shape index (κ3) is 388. The fraction of sp³-hybridized carbons (Fsp3) is 1.00. The molecule has 7 heavy (non-hydrogen) atoms. The summed E-state index contributed by atoms with van der Waals surface area (Å²) in [4.78, 5) is 0. The van der Waals surface area contributed by atoms with Crippen LogP contribution in [-0.2, 0) is 0 Å². The van der Waals surface area contributed by atoms with Crippen molar-refractivity contribution in [3.63, 3.8) is 0 Å². The molecule has 0 aromatic rings. The SMILES string of the molecule is CC(C)(C)S.Cl.N. The van der Waals surface area contributed by atoms with Crippen LogP contribution < -0.4 is 6.15 Å². The van der Waals surface area contributed by atoms with Gasteiger partial charge in [0.05, 0.1) is 0 Å². The summed E-state index contributed by atoms with van der Waals surface area (Å²) in [5.74, 6) is 0. The fourth-order valence-corrected chi connectivity index (χ4v) is 0. The molecule has 3 heteroatoms. The second-order valence-electron chi connectivity index (χ2n) is 2.17. The normalized spacial score (nSPS) is 8.57. The van der Waals surface area contributed by atoms with Gasteiger partial charge in [-0.25, -0.2) is 0 Å². The predicted octanol–water partition coefficient (Wildman–Crippen LogP) is 2.30. The average Bonchev–Trinajstić information content (AvgIpc) is 0.722. The second kappa shape index (κ2) is 4.75. The van der Waals surface area contributed by atoms with Gasteiger partial charge in [0.15, 0.2) is 0 Å². The van der Waals surface area contributed by atoms with E-state index in [0.29, 0.717) is 0 Å². The molecule has 0 fully saturated rings. The number of thiol groups is 1. The first-order chi connectivity index (χ1) is 2.00. The first kappa shape index (κ1) is 15.6. The fourth-order valence-electron chi connectivity index (χ4n) is 0. The van der Waals surface area contributed by atoms with Gasteiger partial charge in [-0.15, -0.1) is 12.4 Å². The van der Waals surface area contributed by atoms with Crippen molar-refractivity contribution in [1.82, 2.24) is 6.15 Å². The van der Waals surface area contributed by atoms with E-state index in [1.54, 1.807) is 0 Å². The molecule has 0 aliphatic heterocycles. The van der Waals surface area contributed by atoms with Crippen LogP contribution >= 0.6 is 25.0 Å². The molecular weight excluding hydrogens is 130 g/mol. The topological polar surface area (TPSA) is 35.0 Å². The molecule has 0 radical (unpaired) electrons. The maximum atomic E-state index is 4.12. The van der Waals surface area contributed by atoms with Crippen LogP contribution in [0.2, 0.25) is 0 Å². The Kier molecular flexibility index (Phi) is 10.6. The third-order valence-corrected chi connectivity index (χ3v) is 0. The Balaban J connectivity index is -0.0000000800. The van der Waals surface area contributed by atoms with Crippen LogP contribution in [0.15, 0.2) is 0 Å². The maximum Gasteiger partial charge on any atom is 0.00449 e. The van der Waals surface area contributed by atoms with Gasteiger partial charge in [0, 0.05) is 4.75 Å². The molecule has 48 valence electrons. The summed E-state index contributed by atoms with van der Waals surface area (Å²) in [7, 11) is 0. The Labute approximate surface area is 57.3 Å². The Bertz CT molecular complexity index is 27.2. The van der Waals surface area contributed by atoms with Crippen LogP contribution in [0.25, 0.3) is 0 Å². The molecular formula is C4H14ClNS. The van der Waals surface area contributed by atoms with Crippen molar-refractivity contribution < 1.29 is 0 Å². The summed E-state index contributed by atoms with van der Waals surface area (Å²) in [5.41, 5.74) is 0. The molecule has 0 atom stereocenters. The van der Waals surface area contributed by atoms with Gasteiger partial charge >= 0.3 is 0 Å². The standard InChI is InChI=1S/C4H10S.ClH.H3N/c1-4(2,3)5;;/h5H,1-3H3;1H;1H3. The number of hydrogen-bond acceptors (Lipinski definition) is 2. The molecule has 0 saturated carbocycles. The van der Waals surface area contributed by atoms with E-state index in [-0.39, 0.29) is 23.3 Å². The van der Waals surface area contributed by atoms with E-state index in [4.69, 9.17) is 0 Å². The van der Waals surface area contributed by atoms with E-state index in [1.807, 2.05) is 0 Å². The van der Waals surface area contributed by atoms with E-state index in [0.717, 1.165) is 0 Å². The largest absolute Gasteiger partial charge is 0.344 e. The molecule has 0 aliphatic carbocycles. The molecule has 1 nitrogen and oxygen atoms in total. The van der Waals surface area contributed by atoms with Gasteiger partial charge in [0.2, 0.25) is 0 Å². The van der Waals surface area contributed by atoms with E-state index in [9.17, 15) is 0 Å². The Morgan fingerprint density at radius 3 is 1.14 bits per heavy atom. The molecule has 0 aromatic heterocycles. The lowest BCUT2D eigenvalue weighted by Crippen LogP contribution is -1.99. The van der Waals surface area contributed by atoms with Crippen molar-refractivity contribution >= 4 is 25.0 Å². The van der Waals surface area contributed by atoms with Gasteiger partial charge < -0.3 is 6.15 Å². The first-order valence-corrected chi connectivity index (χ1v) is 2.17. The van der Waals surface area contributed by atoms with Gasteiger partial charge in [0.25, 0.3) is 0 Å². The summed E-state index contributed by atoms with van der Waals surface area (Å²) >= 11 is 4.12. The highest BCUT2D eigenvalue weighted by atomic mass is 35.5. The van der Waals surface area contributed by atoms with Gasteiger partial charge in [-0.1, -0.05) is 20.8 Å².